The molecule has 3 aromatic rings. The molecular weight excluding hydrogens is 364 g/mol. The fourth-order valence-corrected chi connectivity index (χ4v) is 2.78. The van der Waals surface area contributed by atoms with Crippen LogP contribution in [0.1, 0.15) is 11.1 Å². The summed E-state index contributed by atoms with van der Waals surface area (Å²) < 4.78 is 0. The molecule has 0 atom stereocenters. The Morgan fingerprint density at radius 3 is 2.54 bits per heavy atom. The maximum absolute atomic E-state index is 6.14. The molecule has 0 aliphatic heterocycles. The molecule has 132 valence electrons. The van der Waals surface area contributed by atoms with Crippen molar-refractivity contribution in [2.45, 2.75) is 13.5 Å². The molecule has 1 aromatic heterocycles. The molecule has 6 heteroatoms. The summed E-state index contributed by atoms with van der Waals surface area (Å²) in [5.74, 6) is 0.778. The van der Waals surface area contributed by atoms with Crippen molar-refractivity contribution >= 4 is 46.1 Å². The van der Waals surface area contributed by atoms with Crippen LogP contribution >= 0.6 is 23.8 Å². The van der Waals surface area contributed by atoms with E-state index in [0.717, 1.165) is 27.8 Å². The van der Waals surface area contributed by atoms with Gasteiger partial charge in [-0.25, -0.2) is 4.98 Å². The van der Waals surface area contributed by atoms with Crippen molar-refractivity contribution in [3.63, 3.8) is 0 Å². The number of hydrogen-bond acceptors (Lipinski definition) is 3. The molecule has 0 amide bonds. The van der Waals surface area contributed by atoms with Crippen LogP contribution in [0.5, 0.6) is 0 Å². The van der Waals surface area contributed by atoms with Gasteiger partial charge in [0.15, 0.2) is 5.11 Å². The Bertz CT molecular complexity index is 896. The molecule has 2 aromatic carbocycles. The van der Waals surface area contributed by atoms with Crippen molar-refractivity contribution in [1.29, 1.82) is 0 Å². The lowest BCUT2D eigenvalue weighted by Crippen LogP contribution is -2.28. The number of halogens is 1. The van der Waals surface area contributed by atoms with Gasteiger partial charge in [0.1, 0.15) is 5.82 Å². The minimum Gasteiger partial charge on any atom is -0.358 e. The van der Waals surface area contributed by atoms with E-state index in [2.05, 4.69) is 33.9 Å². The molecule has 0 bridgehead atoms. The number of nitrogens with one attached hydrogen (secondary N) is 3. The Kier molecular flexibility index (Phi) is 6.04. The lowest BCUT2D eigenvalue weighted by atomic mass is 10.2. The number of benzene rings is 2. The molecule has 0 saturated heterocycles. The number of pyridine rings is 1. The van der Waals surface area contributed by atoms with Gasteiger partial charge >= 0.3 is 0 Å². The molecule has 4 nitrogen and oxygen atoms in total. The molecule has 0 spiro atoms. The molecular formula is C20H19ClN4S. The van der Waals surface area contributed by atoms with Crippen LogP contribution in [0.15, 0.2) is 66.9 Å². The van der Waals surface area contributed by atoms with E-state index in [0.29, 0.717) is 11.7 Å². The maximum atomic E-state index is 6.14. The topological polar surface area (TPSA) is 49.0 Å². The lowest BCUT2D eigenvalue weighted by molar-refractivity contribution is 0.926. The molecule has 0 aliphatic rings. The van der Waals surface area contributed by atoms with Crippen molar-refractivity contribution in [1.82, 2.24) is 10.3 Å². The van der Waals surface area contributed by atoms with E-state index in [1.165, 1.54) is 5.56 Å². The van der Waals surface area contributed by atoms with Crippen LogP contribution in [-0.2, 0) is 6.54 Å². The second-order valence-electron chi connectivity index (χ2n) is 5.77. The smallest absolute Gasteiger partial charge is 0.171 e. The number of nitrogens with zero attached hydrogens (tertiary/aromatic N) is 1. The summed E-state index contributed by atoms with van der Waals surface area (Å²) in [6.07, 6.45) is 1.74. The molecule has 0 unspecified atom stereocenters. The summed E-state index contributed by atoms with van der Waals surface area (Å²) >= 11 is 11.5. The van der Waals surface area contributed by atoms with Gasteiger partial charge in [0.25, 0.3) is 0 Å². The summed E-state index contributed by atoms with van der Waals surface area (Å²) in [5.41, 5.74) is 4.02. The summed E-state index contributed by atoms with van der Waals surface area (Å²) in [4.78, 5) is 4.42. The zero-order valence-corrected chi connectivity index (χ0v) is 15.9. The second kappa shape index (κ2) is 8.65. The van der Waals surface area contributed by atoms with E-state index in [1.807, 2.05) is 54.6 Å². The molecule has 0 saturated carbocycles. The number of thiocarbonyl (C=S) groups is 1. The minimum atomic E-state index is 0.520. The van der Waals surface area contributed by atoms with Gasteiger partial charge in [-0.3, -0.25) is 0 Å². The van der Waals surface area contributed by atoms with Crippen molar-refractivity contribution in [2.24, 2.45) is 0 Å². The average Bonchev–Trinajstić information content (AvgIpc) is 2.64. The van der Waals surface area contributed by atoms with Gasteiger partial charge in [0, 0.05) is 17.3 Å². The SMILES string of the molecule is Cc1ccccc1Nc1ccc(NC(=S)NCc2ccccc2Cl)cn1. The van der Waals surface area contributed by atoms with Crippen LogP contribution in [0.25, 0.3) is 0 Å². The van der Waals surface area contributed by atoms with E-state index in [9.17, 15) is 0 Å². The first-order chi connectivity index (χ1) is 12.6. The van der Waals surface area contributed by atoms with Crippen molar-refractivity contribution in [2.75, 3.05) is 10.6 Å². The molecule has 0 fully saturated rings. The van der Waals surface area contributed by atoms with Crippen LogP contribution in [0.2, 0.25) is 5.02 Å². The Labute approximate surface area is 163 Å². The van der Waals surface area contributed by atoms with E-state index in [-0.39, 0.29) is 0 Å². The molecule has 0 aliphatic carbocycles. The van der Waals surface area contributed by atoms with Gasteiger partial charge in [-0.1, -0.05) is 48.0 Å². The van der Waals surface area contributed by atoms with Gasteiger partial charge in [-0.15, -0.1) is 0 Å². The molecule has 3 rings (SSSR count). The summed E-state index contributed by atoms with van der Waals surface area (Å²) in [6.45, 7) is 2.62. The van der Waals surface area contributed by atoms with Crippen LogP contribution in [0.3, 0.4) is 0 Å². The summed E-state index contributed by atoms with van der Waals surface area (Å²) in [5, 5.41) is 10.8. The van der Waals surface area contributed by atoms with Gasteiger partial charge in [-0.2, -0.15) is 0 Å². The Morgan fingerprint density at radius 2 is 1.81 bits per heavy atom. The Hall–Kier alpha value is -2.63. The number of aryl methyl sites for hydroxylation is 1. The van der Waals surface area contributed by atoms with Crippen molar-refractivity contribution in [3.05, 3.63) is 83.0 Å². The lowest BCUT2D eigenvalue weighted by Gasteiger charge is -2.12. The van der Waals surface area contributed by atoms with Crippen LogP contribution < -0.4 is 16.0 Å². The quantitative estimate of drug-likeness (QED) is 0.524. The monoisotopic (exact) mass is 382 g/mol. The highest BCUT2D eigenvalue weighted by Gasteiger charge is 2.03. The molecule has 0 radical (unpaired) electrons. The highest BCUT2D eigenvalue weighted by Crippen LogP contribution is 2.19. The van der Waals surface area contributed by atoms with Gasteiger partial charge in [-0.05, 0) is 54.5 Å². The first-order valence-electron chi connectivity index (χ1n) is 8.19. The van der Waals surface area contributed by atoms with E-state index >= 15 is 0 Å². The third-order valence-electron chi connectivity index (χ3n) is 3.83. The summed E-state index contributed by atoms with van der Waals surface area (Å²) in [6, 6.07) is 19.6. The first-order valence-corrected chi connectivity index (χ1v) is 8.97. The second-order valence-corrected chi connectivity index (χ2v) is 6.59. The fourth-order valence-electron chi connectivity index (χ4n) is 2.39. The minimum absolute atomic E-state index is 0.520. The number of anilines is 3. The zero-order chi connectivity index (χ0) is 18.4. The first kappa shape index (κ1) is 18.2. The summed E-state index contributed by atoms with van der Waals surface area (Å²) in [7, 11) is 0. The van der Waals surface area contributed by atoms with Gasteiger partial charge < -0.3 is 16.0 Å². The van der Waals surface area contributed by atoms with E-state index in [4.69, 9.17) is 23.8 Å². The highest BCUT2D eigenvalue weighted by molar-refractivity contribution is 7.80. The van der Waals surface area contributed by atoms with Crippen LogP contribution in [0.4, 0.5) is 17.2 Å². The Morgan fingerprint density at radius 1 is 1.04 bits per heavy atom. The molecule has 1 heterocycles. The average molecular weight is 383 g/mol. The molecule has 3 N–H and O–H groups in total. The highest BCUT2D eigenvalue weighted by atomic mass is 35.5. The molecule has 26 heavy (non-hydrogen) atoms. The van der Waals surface area contributed by atoms with Crippen molar-refractivity contribution in [3.8, 4) is 0 Å². The van der Waals surface area contributed by atoms with E-state index in [1.54, 1.807) is 6.20 Å². The Balaban J connectivity index is 1.54. The maximum Gasteiger partial charge on any atom is 0.171 e. The van der Waals surface area contributed by atoms with Gasteiger partial charge in [0.05, 0.1) is 11.9 Å². The van der Waals surface area contributed by atoms with Crippen LogP contribution in [-0.4, -0.2) is 10.1 Å². The fraction of sp³-hybridized carbons (Fsp3) is 0.100. The number of aromatic nitrogens is 1. The van der Waals surface area contributed by atoms with Gasteiger partial charge in [0.2, 0.25) is 0 Å². The predicted octanol–water partition coefficient (Wildman–Crippen LogP) is 5.27. The third-order valence-corrected chi connectivity index (χ3v) is 4.44. The van der Waals surface area contributed by atoms with Crippen molar-refractivity contribution < 1.29 is 0 Å². The largest absolute Gasteiger partial charge is 0.358 e. The van der Waals surface area contributed by atoms with Crippen LogP contribution in [0, 0.1) is 6.92 Å². The van der Waals surface area contributed by atoms with E-state index < -0.39 is 0 Å². The number of rotatable bonds is 5. The predicted molar refractivity (Wildman–Crippen MR) is 113 cm³/mol. The standard InChI is InChI=1S/C20H19ClN4S/c1-14-6-2-5-9-18(14)25-19-11-10-16(13-22-19)24-20(26)23-12-15-7-3-4-8-17(15)21/h2-11,13H,12H2,1H3,(H,22,25)(H2,23,24,26). The zero-order valence-electron chi connectivity index (χ0n) is 14.3. The normalized spacial score (nSPS) is 10.2. The number of para-hydroxylation sites is 1. The number of hydrogen-bond donors (Lipinski definition) is 3. The third kappa shape index (κ3) is 4.94.